The highest BCUT2D eigenvalue weighted by Crippen LogP contribution is 2.48. The normalized spacial score (nSPS) is 32.6. The molecule has 1 N–H and O–H groups in total. The molecule has 2 unspecified atom stereocenters. The second-order valence-electron chi connectivity index (χ2n) is 9.49. The summed E-state index contributed by atoms with van der Waals surface area (Å²) in [6, 6.07) is 1.20. The Hall–Kier alpha value is 0.0969. The fourth-order valence-corrected chi connectivity index (χ4v) is 5.36. The van der Waals surface area contributed by atoms with Gasteiger partial charge in [-0.3, -0.25) is 0 Å². The standard InChI is InChI=1S/C19H38O3Si/c1-19(2,20)17-10-6-9-16-15(17)8-7-11-18(16)22-14-21-12-13-23(3,4)5/h15-18,20H,6-14H2,1-5H3/t15?,16?,17-,18-/m0/s1. The summed E-state index contributed by atoms with van der Waals surface area (Å²) in [6.45, 7) is 12.4. The molecule has 2 aliphatic carbocycles. The van der Waals surface area contributed by atoms with Crippen LogP contribution in [-0.2, 0) is 9.47 Å². The van der Waals surface area contributed by atoms with Crippen LogP contribution in [0.15, 0.2) is 0 Å². The molecule has 0 radical (unpaired) electrons. The van der Waals surface area contributed by atoms with E-state index in [0.29, 0.717) is 30.7 Å². The lowest BCUT2D eigenvalue weighted by molar-refractivity contribution is -0.148. The quantitative estimate of drug-likeness (QED) is 0.415. The van der Waals surface area contributed by atoms with Crippen LogP contribution in [-0.4, -0.2) is 38.3 Å². The van der Waals surface area contributed by atoms with E-state index in [2.05, 4.69) is 19.6 Å². The lowest BCUT2D eigenvalue weighted by Crippen LogP contribution is -2.47. The van der Waals surface area contributed by atoms with Gasteiger partial charge in [0.25, 0.3) is 0 Å². The van der Waals surface area contributed by atoms with Crippen molar-refractivity contribution in [1.82, 2.24) is 0 Å². The molecule has 0 aromatic rings. The first-order chi connectivity index (χ1) is 10.7. The van der Waals surface area contributed by atoms with Crippen molar-refractivity contribution in [2.24, 2.45) is 17.8 Å². The molecule has 0 aromatic carbocycles. The van der Waals surface area contributed by atoms with E-state index in [1.54, 1.807) is 0 Å². The Morgan fingerprint density at radius 1 is 1.00 bits per heavy atom. The zero-order valence-electron chi connectivity index (χ0n) is 15.9. The zero-order chi connectivity index (χ0) is 17.1. The monoisotopic (exact) mass is 342 g/mol. The molecular weight excluding hydrogens is 304 g/mol. The maximum Gasteiger partial charge on any atom is 0.147 e. The molecule has 2 rings (SSSR count). The molecule has 0 aromatic heterocycles. The van der Waals surface area contributed by atoms with Crippen LogP contribution in [0.3, 0.4) is 0 Å². The van der Waals surface area contributed by atoms with Crippen molar-refractivity contribution in [2.45, 2.75) is 89.8 Å². The van der Waals surface area contributed by atoms with Crippen molar-refractivity contribution in [3.63, 3.8) is 0 Å². The van der Waals surface area contributed by atoms with Gasteiger partial charge in [-0.15, -0.1) is 0 Å². The third-order valence-corrected chi connectivity index (χ3v) is 7.60. The van der Waals surface area contributed by atoms with Gasteiger partial charge in [-0.25, -0.2) is 0 Å². The molecule has 4 heteroatoms. The van der Waals surface area contributed by atoms with Crippen LogP contribution in [0.5, 0.6) is 0 Å². The molecule has 0 heterocycles. The SMILES string of the molecule is CC(C)(O)[C@H]1CCCC2C1CCC[C@@H]2OCOCC[Si](C)(C)C. The number of ether oxygens (including phenoxy) is 2. The van der Waals surface area contributed by atoms with Crippen molar-refractivity contribution in [3.8, 4) is 0 Å². The minimum absolute atomic E-state index is 0.339. The summed E-state index contributed by atoms with van der Waals surface area (Å²) in [6.07, 6.45) is 7.65. The minimum atomic E-state index is -1.01. The number of hydrogen-bond donors (Lipinski definition) is 1. The predicted molar refractivity (Wildman–Crippen MR) is 98.3 cm³/mol. The smallest absolute Gasteiger partial charge is 0.147 e. The van der Waals surface area contributed by atoms with Gasteiger partial charge >= 0.3 is 0 Å². The van der Waals surface area contributed by atoms with Crippen molar-refractivity contribution in [2.75, 3.05) is 13.4 Å². The lowest BCUT2D eigenvalue weighted by Gasteiger charge is -2.49. The van der Waals surface area contributed by atoms with Gasteiger partial charge in [0.2, 0.25) is 0 Å². The molecule has 4 atom stereocenters. The lowest BCUT2D eigenvalue weighted by atomic mass is 9.60. The third kappa shape index (κ3) is 5.84. The molecule has 0 aliphatic heterocycles. The summed E-state index contributed by atoms with van der Waals surface area (Å²) in [5.74, 6) is 1.68. The highest BCUT2D eigenvalue weighted by Gasteiger charge is 2.45. The van der Waals surface area contributed by atoms with Crippen molar-refractivity contribution < 1.29 is 14.6 Å². The molecule has 2 aliphatic rings. The molecule has 0 saturated heterocycles. The topological polar surface area (TPSA) is 38.7 Å². The Bertz CT molecular complexity index is 359. The van der Waals surface area contributed by atoms with E-state index in [-0.39, 0.29) is 0 Å². The Morgan fingerprint density at radius 3 is 2.30 bits per heavy atom. The first-order valence-corrected chi connectivity index (χ1v) is 13.3. The largest absolute Gasteiger partial charge is 0.390 e. The van der Waals surface area contributed by atoms with E-state index in [0.717, 1.165) is 13.0 Å². The van der Waals surface area contributed by atoms with Gasteiger partial charge in [0.05, 0.1) is 11.7 Å². The average molecular weight is 343 g/mol. The average Bonchev–Trinajstić information content (AvgIpc) is 2.44. The fraction of sp³-hybridized carbons (Fsp3) is 1.00. The molecule has 3 nitrogen and oxygen atoms in total. The summed E-state index contributed by atoms with van der Waals surface area (Å²) < 4.78 is 11.9. The van der Waals surface area contributed by atoms with Crippen LogP contribution in [0, 0.1) is 17.8 Å². The van der Waals surface area contributed by atoms with Gasteiger partial charge in [0.1, 0.15) is 6.79 Å². The molecule has 2 saturated carbocycles. The summed E-state index contributed by atoms with van der Waals surface area (Å²) in [5, 5.41) is 10.5. The van der Waals surface area contributed by atoms with Crippen molar-refractivity contribution in [1.29, 1.82) is 0 Å². The summed E-state index contributed by atoms with van der Waals surface area (Å²) in [4.78, 5) is 0. The second kappa shape index (κ2) is 7.98. The highest BCUT2D eigenvalue weighted by atomic mass is 28.3. The minimum Gasteiger partial charge on any atom is -0.390 e. The highest BCUT2D eigenvalue weighted by molar-refractivity contribution is 6.76. The second-order valence-corrected chi connectivity index (χ2v) is 15.1. The van der Waals surface area contributed by atoms with Gasteiger partial charge in [-0.1, -0.05) is 32.5 Å². The Kier molecular flexibility index (Phi) is 6.74. The molecule has 2 fully saturated rings. The summed E-state index contributed by atoms with van der Waals surface area (Å²) in [5.41, 5.74) is -0.556. The maximum absolute atomic E-state index is 10.5. The van der Waals surface area contributed by atoms with E-state index in [4.69, 9.17) is 9.47 Å². The number of fused-ring (bicyclic) bond motifs is 1. The van der Waals surface area contributed by atoms with E-state index < -0.39 is 13.7 Å². The Labute approximate surface area is 144 Å². The molecule has 0 spiro atoms. The van der Waals surface area contributed by atoms with Crippen LogP contribution in [0.4, 0.5) is 0 Å². The predicted octanol–water partition coefficient (Wildman–Crippen LogP) is 4.67. The third-order valence-electron chi connectivity index (χ3n) is 5.89. The Morgan fingerprint density at radius 2 is 1.65 bits per heavy atom. The van der Waals surface area contributed by atoms with E-state index in [9.17, 15) is 5.11 Å². The fourth-order valence-electron chi connectivity index (χ4n) is 4.60. The van der Waals surface area contributed by atoms with E-state index >= 15 is 0 Å². The van der Waals surface area contributed by atoms with E-state index in [1.165, 1.54) is 38.1 Å². The van der Waals surface area contributed by atoms with Gasteiger partial charge < -0.3 is 14.6 Å². The van der Waals surface area contributed by atoms with E-state index in [1.807, 2.05) is 13.8 Å². The van der Waals surface area contributed by atoms with Crippen molar-refractivity contribution in [3.05, 3.63) is 0 Å². The Balaban J connectivity index is 1.81. The number of hydrogen-bond acceptors (Lipinski definition) is 3. The van der Waals surface area contributed by atoms with Crippen molar-refractivity contribution >= 4 is 8.07 Å². The first-order valence-electron chi connectivity index (χ1n) is 9.60. The molecule has 0 amide bonds. The van der Waals surface area contributed by atoms with Gasteiger partial charge in [-0.05, 0) is 63.3 Å². The summed E-state index contributed by atoms with van der Waals surface area (Å²) in [7, 11) is -1.01. The summed E-state index contributed by atoms with van der Waals surface area (Å²) >= 11 is 0. The zero-order valence-corrected chi connectivity index (χ0v) is 16.9. The van der Waals surface area contributed by atoms with Crippen LogP contribution < -0.4 is 0 Å². The van der Waals surface area contributed by atoms with Crippen LogP contribution in [0.25, 0.3) is 0 Å². The maximum atomic E-state index is 10.5. The van der Waals surface area contributed by atoms with Gasteiger partial charge in [0, 0.05) is 14.7 Å². The number of rotatable bonds is 7. The molecule has 136 valence electrons. The molecule has 0 bridgehead atoms. The van der Waals surface area contributed by atoms with Crippen LogP contribution in [0.1, 0.15) is 52.4 Å². The molecule has 23 heavy (non-hydrogen) atoms. The first kappa shape index (κ1) is 19.4. The van der Waals surface area contributed by atoms with Crippen LogP contribution >= 0.6 is 0 Å². The number of aliphatic hydroxyl groups is 1. The van der Waals surface area contributed by atoms with Gasteiger partial charge in [0.15, 0.2) is 0 Å². The van der Waals surface area contributed by atoms with Gasteiger partial charge in [-0.2, -0.15) is 0 Å². The molecular formula is C19H38O3Si. The van der Waals surface area contributed by atoms with Crippen LogP contribution in [0.2, 0.25) is 25.7 Å².